The maximum Gasteiger partial charge on any atom is 0.0937 e. The first kappa shape index (κ1) is 9.33. The molecule has 12 heavy (non-hydrogen) atoms. The van der Waals surface area contributed by atoms with Crippen LogP contribution in [0.15, 0.2) is 16.9 Å². The normalized spacial score (nSPS) is 13.8. The van der Waals surface area contributed by atoms with Crippen molar-refractivity contribution < 1.29 is 4.42 Å². The quantitative estimate of drug-likeness (QED) is 0.749. The van der Waals surface area contributed by atoms with Gasteiger partial charge in [-0.1, -0.05) is 13.8 Å². The Morgan fingerprint density at radius 2 is 2.08 bits per heavy atom. The molecule has 0 radical (unpaired) electrons. The fourth-order valence-corrected chi connectivity index (χ4v) is 1.09. The first-order valence-corrected chi connectivity index (χ1v) is 4.38. The molecule has 0 amide bonds. The van der Waals surface area contributed by atoms with Gasteiger partial charge in [0.15, 0.2) is 0 Å². The third kappa shape index (κ3) is 2.11. The van der Waals surface area contributed by atoms with Gasteiger partial charge < -0.3 is 10.2 Å². The van der Waals surface area contributed by atoms with Crippen LogP contribution in [0.5, 0.6) is 0 Å². The Labute approximate surface area is 73.8 Å². The van der Waals surface area contributed by atoms with Crippen molar-refractivity contribution in [2.24, 2.45) is 11.7 Å². The van der Waals surface area contributed by atoms with Crippen LogP contribution in [-0.4, -0.2) is 6.04 Å². The van der Waals surface area contributed by atoms with Crippen LogP contribution in [0.25, 0.3) is 0 Å². The third-order valence-corrected chi connectivity index (χ3v) is 2.27. The summed E-state index contributed by atoms with van der Waals surface area (Å²) in [6.45, 7) is 6.33. The highest BCUT2D eigenvalue weighted by Crippen LogP contribution is 2.13. The summed E-state index contributed by atoms with van der Waals surface area (Å²) < 4.78 is 5.07. The molecule has 0 aliphatic heterocycles. The van der Waals surface area contributed by atoms with Crippen LogP contribution in [0.2, 0.25) is 0 Å². The maximum absolute atomic E-state index is 5.93. The second-order valence-corrected chi connectivity index (χ2v) is 3.69. The average Bonchev–Trinajstić information content (AvgIpc) is 2.36. The van der Waals surface area contributed by atoms with Gasteiger partial charge in [-0.05, 0) is 30.4 Å². The van der Waals surface area contributed by atoms with Gasteiger partial charge in [0, 0.05) is 6.04 Å². The molecule has 1 aromatic heterocycles. The Balaban J connectivity index is 2.58. The summed E-state index contributed by atoms with van der Waals surface area (Å²) in [5, 5.41) is 0. The maximum atomic E-state index is 5.93. The number of hydrogen-bond acceptors (Lipinski definition) is 2. The molecular formula is C10H17NO. The van der Waals surface area contributed by atoms with Gasteiger partial charge in [-0.15, -0.1) is 0 Å². The van der Waals surface area contributed by atoms with Gasteiger partial charge in [-0.2, -0.15) is 0 Å². The van der Waals surface area contributed by atoms with E-state index in [1.165, 1.54) is 11.1 Å². The Kier molecular flexibility index (Phi) is 2.93. The van der Waals surface area contributed by atoms with Crippen molar-refractivity contribution in [3.63, 3.8) is 0 Å². The van der Waals surface area contributed by atoms with E-state index in [9.17, 15) is 0 Å². The van der Waals surface area contributed by atoms with Crippen molar-refractivity contribution in [2.75, 3.05) is 0 Å². The van der Waals surface area contributed by atoms with Gasteiger partial charge in [0.2, 0.25) is 0 Å². The van der Waals surface area contributed by atoms with Crippen molar-refractivity contribution in [1.82, 2.24) is 0 Å². The molecular weight excluding hydrogens is 150 g/mol. The number of hydrogen-bond donors (Lipinski definition) is 1. The Morgan fingerprint density at radius 3 is 2.50 bits per heavy atom. The second kappa shape index (κ2) is 3.76. The molecule has 2 N–H and O–H groups in total. The molecule has 0 spiro atoms. The van der Waals surface area contributed by atoms with E-state index in [2.05, 4.69) is 13.8 Å². The van der Waals surface area contributed by atoms with Gasteiger partial charge in [-0.3, -0.25) is 0 Å². The predicted octanol–water partition coefficient (Wildman–Crippen LogP) is 2.11. The smallest absolute Gasteiger partial charge is 0.0937 e. The van der Waals surface area contributed by atoms with Crippen molar-refractivity contribution >= 4 is 0 Å². The van der Waals surface area contributed by atoms with Crippen molar-refractivity contribution in [3.8, 4) is 0 Å². The summed E-state index contributed by atoms with van der Waals surface area (Å²) >= 11 is 0. The monoisotopic (exact) mass is 167 g/mol. The molecule has 1 unspecified atom stereocenters. The van der Waals surface area contributed by atoms with E-state index in [-0.39, 0.29) is 6.04 Å². The van der Waals surface area contributed by atoms with E-state index < -0.39 is 0 Å². The fraction of sp³-hybridized carbons (Fsp3) is 0.600. The summed E-state index contributed by atoms with van der Waals surface area (Å²) in [6.07, 6.45) is 4.47. The standard InChI is InChI=1S/C10H17NO/c1-7(2)10(11)4-9-6-12-5-8(9)3/h5-7,10H,4,11H2,1-3H3. The van der Waals surface area contributed by atoms with Gasteiger partial charge in [-0.25, -0.2) is 0 Å². The molecule has 0 fully saturated rings. The van der Waals surface area contributed by atoms with Crippen molar-refractivity contribution in [1.29, 1.82) is 0 Å². The fourth-order valence-electron chi connectivity index (χ4n) is 1.09. The van der Waals surface area contributed by atoms with Gasteiger partial charge in [0.05, 0.1) is 12.5 Å². The second-order valence-electron chi connectivity index (χ2n) is 3.69. The molecule has 2 heteroatoms. The Morgan fingerprint density at radius 1 is 1.42 bits per heavy atom. The van der Waals surface area contributed by atoms with Crippen LogP contribution < -0.4 is 5.73 Å². The number of rotatable bonds is 3. The van der Waals surface area contributed by atoms with Crippen molar-refractivity contribution in [3.05, 3.63) is 23.7 Å². The SMILES string of the molecule is Cc1cocc1CC(N)C(C)C. The van der Waals surface area contributed by atoms with Crippen LogP contribution in [0, 0.1) is 12.8 Å². The molecule has 1 heterocycles. The zero-order valence-corrected chi connectivity index (χ0v) is 8.00. The molecule has 0 aromatic carbocycles. The molecule has 1 atom stereocenters. The highest BCUT2D eigenvalue weighted by atomic mass is 16.3. The highest BCUT2D eigenvalue weighted by Gasteiger charge is 2.10. The lowest BCUT2D eigenvalue weighted by molar-refractivity contribution is 0.486. The molecule has 0 bridgehead atoms. The molecule has 2 nitrogen and oxygen atoms in total. The highest BCUT2D eigenvalue weighted by molar-refractivity contribution is 5.19. The van der Waals surface area contributed by atoms with Crippen LogP contribution in [0.1, 0.15) is 25.0 Å². The molecule has 0 saturated heterocycles. The molecule has 0 aliphatic carbocycles. The molecule has 0 aliphatic rings. The lowest BCUT2D eigenvalue weighted by Crippen LogP contribution is -2.28. The topological polar surface area (TPSA) is 39.2 Å². The van der Waals surface area contributed by atoms with E-state index in [4.69, 9.17) is 10.2 Å². The number of aryl methyl sites for hydroxylation is 1. The predicted molar refractivity (Wildman–Crippen MR) is 50.0 cm³/mol. The van der Waals surface area contributed by atoms with Crippen molar-refractivity contribution in [2.45, 2.75) is 33.2 Å². The van der Waals surface area contributed by atoms with E-state index in [1.807, 2.05) is 6.92 Å². The van der Waals surface area contributed by atoms with E-state index in [0.717, 1.165) is 6.42 Å². The first-order valence-electron chi connectivity index (χ1n) is 4.38. The van der Waals surface area contributed by atoms with Crippen LogP contribution in [0.4, 0.5) is 0 Å². The van der Waals surface area contributed by atoms with E-state index in [1.54, 1.807) is 12.5 Å². The largest absolute Gasteiger partial charge is 0.472 e. The molecule has 1 aromatic rings. The Bertz CT molecular complexity index is 240. The van der Waals surface area contributed by atoms with Gasteiger partial charge >= 0.3 is 0 Å². The Hall–Kier alpha value is -0.760. The minimum Gasteiger partial charge on any atom is -0.472 e. The minimum absolute atomic E-state index is 0.237. The lowest BCUT2D eigenvalue weighted by atomic mass is 9.97. The number of nitrogens with two attached hydrogens (primary N) is 1. The summed E-state index contributed by atoms with van der Waals surface area (Å²) in [7, 11) is 0. The molecule has 68 valence electrons. The summed E-state index contributed by atoms with van der Waals surface area (Å²) in [6, 6.07) is 0.237. The zero-order valence-electron chi connectivity index (χ0n) is 8.00. The summed E-state index contributed by atoms with van der Waals surface area (Å²) in [5.74, 6) is 0.527. The zero-order chi connectivity index (χ0) is 9.14. The third-order valence-electron chi connectivity index (χ3n) is 2.27. The van der Waals surface area contributed by atoms with Gasteiger partial charge in [0.1, 0.15) is 0 Å². The molecule has 1 rings (SSSR count). The lowest BCUT2D eigenvalue weighted by Gasteiger charge is -2.14. The molecule has 0 saturated carbocycles. The van der Waals surface area contributed by atoms with E-state index in [0.29, 0.717) is 5.92 Å². The average molecular weight is 167 g/mol. The first-order chi connectivity index (χ1) is 5.61. The van der Waals surface area contributed by atoms with E-state index >= 15 is 0 Å². The van der Waals surface area contributed by atoms with Crippen LogP contribution >= 0.6 is 0 Å². The summed E-state index contributed by atoms with van der Waals surface area (Å²) in [5.41, 5.74) is 8.37. The number of furan rings is 1. The van der Waals surface area contributed by atoms with Crippen LogP contribution in [-0.2, 0) is 6.42 Å². The summed E-state index contributed by atoms with van der Waals surface area (Å²) in [4.78, 5) is 0. The van der Waals surface area contributed by atoms with Crippen LogP contribution in [0.3, 0.4) is 0 Å². The minimum atomic E-state index is 0.237. The van der Waals surface area contributed by atoms with Gasteiger partial charge in [0.25, 0.3) is 0 Å².